The number of ether oxygens (including phenoxy) is 3. The van der Waals surface area contributed by atoms with Gasteiger partial charge in [-0.25, -0.2) is 4.79 Å². The summed E-state index contributed by atoms with van der Waals surface area (Å²) in [6.07, 6.45) is 0.405. The highest BCUT2D eigenvalue weighted by atomic mass is 16.6. The summed E-state index contributed by atoms with van der Waals surface area (Å²) in [5, 5.41) is 3.31. The second-order valence-corrected chi connectivity index (χ2v) is 4.43. The highest BCUT2D eigenvalue weighted by Gasteiger charge is 2.17. The third kappa shape index (κ3) is 4.74. The average Bonchev–Trinajstić information content (AvgIpc) is 2.47. The zero-order valence-corrected chi connectivity index (χ0v) is 12.6. The standard InChI is InChI=1S/C15H23NO4/c1-5-8-16-10-12-6-7-13(18-3)9-14(12)20-11(2)15(17)19-4/h6-7,9,11,16H,5,8,10H2,1-4H3. The van der Waals surface area contributed by atoms with Gasteiger partial charge in [-0.2, -0.15) is 0 Å². The SMILES string of the molecule is CCCNCc1ccc(OC)cc1OC(C)C(=O)OC. The molecular weight excluding hydrogens is 258 g/mol. The first kappa shape index (κ1) is 16.3. The minimum absolute atomic E-state index is 0.403. The van der Waals surface area contributed by atoms with Gasteiger partial charge in [-0.3, -0.25) is 0 Å². The molecule has 112 valence electrons. The fraction of sp³-hybridized carbons (Fsp3) is 0.533. The van der Waals surface area contributed by atoms with Crippen LogP contribution in [0.4, 0.5) is 0 Å². The van der Waals surface area contributed by atoms with Crippen LogP contribution in [-0.2, 0) is 16.1 Å². The van der Waals surface area contributed by atoms with Gasteiger partial charge in [0.1, 0.15) is 11.5 Å². The average molecular weight is 281 g/mol. The lowest BCUT2D eigenvalue weighted by molar-refractivity contribution is -0.147. The number of esters is 1. The summed E-state index contributed by atoms with van der Waals surface area (Å²) in [6.45, 7) is 5.38. The molecule has 0 aliphatic rings. The van der Waals surface area contributed by atoms with E-state index in [4.69, 9.17) is 9.47 Å². The number of rotatable bonds is 8. The third-order valence-corrected chi connectivity index (χ3v) is 2.85. The Labute approximate surface area is 120 Å². The van der Waals surface area contributed by atoms with E-state index >= 15 is 0 Å². The Kier molecular flexibility index (Phi) is 6.87. The molecule has 0 saturated heterocycles. The molecule has 0 radical (unpaired) electrons. The summed E-state index contributed by atoms with van der Waals surface area (Å²) in [7, 11) is 2.94. The maximum Gasteiger partial charge on any atom is 0.346 e. The van der Waals surface area contributed by atoms with Crippen molar-refractivity contribution in [1.29, 1.82) is 0 Å². The zero-order valence-electron chi connectivity index (χ0n) is 12.6. The van der Waals surface area contributed by atoms with Crippen molar-refractivity contribution >= 4 is 5.97 Å². The predicted octanol–water partition coefficient (Wildman–Crippen LogP) is 2.14. The number of hydrogen-bond donors (Lipinski definition) is 1. The first-order chi connectivity index (χ1) is 9.62. The lowest BCUT2D eigenvalue weighted by atomic mass is 10.2. The minimum Gasteiger partial charge on any atom is -0.497 e. The van der Waals surface area contributed by atoms with Gasteiger partial charge in [0.25, 0.3) is 0 Å². The maximum absolute atomic E-state index is 11.4. The predicted molar refractivity (Wildman–Crippen MR) is 77.1 cm³/mol. The van der Waals surface area contributed by atoms with E-state index in [2.05, 4.69) is 17.0 Å². The van der Waals surface area contributed by atoms with Crippen molar-refractivity contribution in [3.63, 3.8) is 0 Å². The molecule has 20 heavy (non-hydrogen) atoms. The van der Waals surface area contributed by atoms with Gasteiger partial charge in [0.15, 0.2) is 6.10 Å². The Morgan fingerprint density at radius 3 is 2.70 bits per heavy atom. The molecule has 0 aliphatic carbocycles. The summed E-state index contributed by atoms with van der Waals surface area (Å²) in [6, 6.07) is 5.59. The monoisotopic (exact) mass is 281 g/mol. The molecule has 5 nitrogen and oxygen atoms in total. The first-order valence-electron chi connectivity index (χ1n) is 6.74. The second-order valence-electron chi connectivity index (χ2n) is 4.43. The topological polar surface area (TPSA) is 56.8 Å². The van der Waals surface area contributed by atoms with E-state index in [9.17, 15) is 4.79 Å². The van der Waals surface area contributed by atoms with Crippen LogP contribution in [0.1, 0.15) is 25.8 Å². The van der Waals surface area contributed by atoms with E-state index in [1.807, 2.05) is 12.1 Å². The van der Waals surface area contributed by atoms with Crippen LogP contribution < -0.4 is 14.8 Å². The summed E-state index contributed by atoms with van der Waals surface area (Å²) in [5.74, 6) is 0.919. The molecule has 1 unspecified atom stereocenters. The lowest BCUT2D eigenvalue weighted by Crippen LogP contribution is -2.26. The molecule has 0 heterocycles. The molecule has 1 rings (SSSR count). The molecule has 0 aliphatic heterocycles. The Hall–Kier alpha value is -1.75. The van der Waals surface area contributed by atoms with Gasteiger partial charge in [0, 0.05) is 18.2 Å². The molecule has 1 aromatic carbocycles. The van der Waals surface area contributed by atoms with Crippen LogP contribution in [-0.4, -0.2) is 32.8 Å². The molecule has 1 aromatic rings. The number of methoxy groups -OCH3 is 2. The van der Waals surface area contributed by atoms with Gasteiger partial charge >= 0.3 is 5.97 Å². The van der Waals surface area contributed by atoms with Gasteiger partial charge in [-0.1, -0.05) is 13.0 Å². The Morgan fingerprint density at radius 2 is 2.10 bits per heavy atom. The van der Waals surface area contributed by atoms with E-state index in [-0.39, 0.29) is 0 Å². The summed E-state index contributed by atoms with van der Waals surface area (Å²) >= 11 is 0. The van der Waals surface area contributed by atoms with Crippen LogP contribution in [0.25, 0.3) is 0 Å². The van der Waals surface area contributed by atoms with E-state index in [0.29, 0.717) is 18.0 Å². The number of benzene rings is 1. The normalized spacial score (nSPS) is 11.8. The first-order valence-corrected chi connectivity index (χ1v) is 6.74. The molecule has 0 fully saturated rings. The van der Waals surface area contributed by atoms with Crippen molar-refractivity contribution in [2.75, 3.05) is 20.8 Å². The molecule has 0 spiro atoms. The summed E-state index contributed by atoms with van der Waals surface area (Å²) < 4.78 is 15.5. The number of hydrogen-bond acceptors (Lipinski definition) is 5. The quantitative estimate of drug-likeness (QED) is 0.584. The zero-order chi connectivity index (χ0) is 15.0. The van der Waals surface area contributed by atoms with Gasteiger partial charge in [0.05, 0.1) is 14.2 Å². The summed E-state index contributed by atoms with van der Waals surface area (Å²) in [5.41, 5.74) is 0.981. The van der Waals surface area contributed by atoms with Crippen molar-refractivity contribution in [1.82, 2.24) is 5.32 Å². The molecule has 5 heteroatoms. The fourth-order valence-corrected chi connectivity index (χ4v) is 1.72. The Balaban J connectivity index is 2.85. The molecule has 0 aromatic heterocycles. The van der Waals surface area contributed by atoms with Gasteiger partial charge < -0.3 is 19.5 Å². The van der Waals surface area contributed by atoms with Crippen LogP contribution in [0.15, 0.2) is 18.2 Å². The molecule has 1 N–H and O–H groups in total. The maximum atomic E-state index is 11.4. The number of carbonyl (C=O) groups excluding carboxylic acids is 1. The van der Waals surface area contributed by atoms with Crippen molar-refractivity contribution in [3.05, 3.63) is 23.8 Å². The van der Waals surface area contributed by atoms with Crippen molar-refractivity contribution in [2.45, 2.75) is 32.9 Å². The van der Waals surface area contributed by atoms with Crippen molar-refractivity contribution < 1.29 is 19.0 Å². The van der Waals surface area contributed by atoms with E-state index in [1.54, 1.807) is 20.1 Å². The largest absolute Gasteiger partial charge is 0.497 e. The van der Waals surface area contributed by atoms with Crippen molar-refractivity contribution in [3.8, 4) is 11.5 Å². The highest BCUT2D eigenvalue weighted by Crippen LogP contribution is 2.26. The van der Waals surface area contributed by atoms with Crippen LogP contribution in [0.5, 0.6) is 11.5 Å². The number of carbonyl (C=O) groups is 1. The molecule has 1 atom stereocenters. The van der Waals surface area contributed by atoms with E-state index < -0.39 is 12.1 Å². The smallest absolute Gasteiger partial charge is 0.346 e. The van der Waals surface area contributed by atoms with Gasteiger partial charge in [-0.05, 0) is 26.0 Å². The van der Waals surface area contributed by atoms with Gasteiger partial charge in [0.2, 0.25) is 0 Å². The lowest BCUT2D eigenvalue weighted by Gasteiger charge is -2.17. The van der Waals surface area contributed by atoms with E-state index in [0.717, 1.165) is 18.5 Å². The van der Waals surface area contributed by atoms with Crippen LogP contribution in [0.3, 0.4) is 0 Å². The number of nitrogens with one attached hydrogen (secondary N) is 1. The Bertz CT molecular complexity index is 434. The van der Waals surface area contributed by atoms with E-state index in [1.165, 1.54) is 7.11 Å². The van der Waals surface area contributed by atoms with Gasteiger partial charge in [-0.15, -0.1) is 0 Å². The van der Waals surface area contributed by atoms with Crippen LogP contribution in [0.2, 0.25) is 0 Å². The highest BCUT2D eigenvalue weighted by molar-refractivity contribution is 5.74. The summed E-state index contributed by atoms with van der Waals surface area (Å²) in [4.78, 5) is 11.4. The third-order valence-electron chi connectivity index (χ3n) is 2.85. The second kappa shape index (κ2) is 8.43. The molecular formula is C15H23NO4. The molecule has 0 saturated carbocycles. The minimum atomic E-state index is -0.656. The van der Waals surface area contributed by atoms with Crippen LogP contribution in [0, 0.1) is 0 Å². The molecule has 0 amide bonds. The fourth-order valence-electron chi connectivity index (χ4n) is 1.72. The van der Waals surface area contributed by atoms with Crippen molar-refractivity contribution in [2.24, 2.45) is 0 Å². The van der Waals surface area contributed by atoms with Crippen LogP contribution >= 0.6 is 0 Å². The molecule has 0 bridgehead atoms. The Morgan fingerprint density at radius 1 is 1.35 bits per heavy atom.